The molecule has 0 aliphatic heterocycles. The second-order valence-corrected chi connectivity index (χ2v) is 15.6. The third-order valence-corrected chi connectivity index (χ3v) is 12.0. The first-order valence-electron chi connectivity index (χ1n) is 17.7. The number of hydrogen-bond donors (Lipinski definition) is 0. The molecule has 0 saturated carbocycles. The largest absolute Gasteiger partial charge is 0.0713 e. The lowest BCUT2D eigenvalue weighted by atomic mass is 9.68. The van der Waals surface area contributed by atoms with E-state index in [1.807, 2.05) is 0 Å². The molecule has 0 nitrogen and oxygen atoms in total. The summed E-state index contributed by atoms with van der Waals surface area (Å²) < 4.78 is 2.38. The lowest BCUT2D eigenvalue weighted by Gasteiger charge is -2.33. The molecule has 0 amide bonds. The van der Waals surface area contributed by atoms with Crippen LogP contribution in [0.4, 0.5) is 0 Å². The number of hydrogen-bond acceptors (Lipinski definition) is 0. The van der Waals surface area contributed by atoms with E-state index in [1.165, 1.54) is 70.3 Å². The van der Waals surface area contributed by atoms with Gasteiger partial charge in [0.2, 0.25) is 0 Å². The van der Waals surface area contributed by atoms with Crippen LogP contribution in [-0.4, -0.2) is 0 Å². The molecule has 10 rings (SSSR count). The van der Waals surface area contributed by atoms with Crippen LogP contribution < -0.4 is 0 Å². The van der Waals surface area contributed by atoms with Gasteiger partial charge >= 0.3 is 0 Å². The predicted molar refractivity (Wildman–Crippen MR) is 228 cm³/mol. The fourth-order valence-corrected chi connectivity index (χ4v) is 9.69. The van der Waals surface area contributed by atoms with E-state index in [0.717, 1.165) is 4.47 Å². The van der Waals surface area contributed by atoms with Crippen LogP contribution in [0.2, 0.25) is 0 Å². The maximum Gasteiger partial charge on any atom is 0.0713 e. The maximum absolute atomic E-state index is 3.71. The lowest BCUT2D eigenvalue weighted by Crippen LogP contribution is -2.28. The van der Waals surface area contributed by atoms with E-state index in [4.69, 9.17) is 0 Å². The van der Waals surface area contributed by atoms with Gasteiger partial charge in [-0.15, -0.1) is 0 Å². The summed E-state index contributed by atoms with van der Waals surface area (Å²) in [7, 11) is 0. The second kappa shape index (κ2) is 13.5. The molecule has 0 atom stereocenters. The monoisotopic (exact) mass is 840 g/mol. The van der Waals surface area contributed by atoms with Gasteiger partial charge in [0, 0.05) is 8.04 Å². The third-order valence-electron chi connectivity index (χ3n) is 10.8. The van der Waals surface area contributed by atoms with Crippen LogP contribution in [0, 0.1) is 3.57 Å². The Morgan fingerprint density at radius 3 is 1.06 bits per heavy atom. The van der Waals surface area contributed by atoms with E-state index in [9.17, 15) is 0 Å². The predicted octanol–water partition coefficient (Wildman–Crippen LogP) is 13.5. The molecule has 0 radical (unpaired) electrons. The fraction of sp³-hybridized carbons (Fsp3) is 0.0400. The molecule has 0 fully saturated rings. The average molecular weight is 842 g/mol. The van der Waals surface area contributed by atoms with Crippen molar-refractivity contribution < 1.29 is 0 Å². The van der Waals surface area contributed by atoms with Gasteiger partial charge in [-0.2, -0.15) is 0 Å². The molecule has 2 aliphatic carbocycles. The maximum atomic E-state index is 3.71. The number of benzene rings is 8. The zero-order valence-corrected chi connectivity index (χ0v) is 32.1. The van der Waals surface area contributed by atoms with Crippen molar-refractivity contribution in [3.8, 4) is 22.3 Å². The summed E-state index contributed by atoms with van der Waals surface area (Å²) in [5, 5.41) is 0. The quantitative estimate of drug-likeness (QED) is 0.155. The number of halogens is 2. The van der Waals surface area contributed by atoms with Gasteiger partial charge in [0.25, 0.3) is 0 Å². The van der Waals surface area contributed by atoms with Crippen molar-refractivity contribution in [1.82, 2.24) is 0 Å². The standard InChI is InChI=1S/C25H17Br.C25H17I/c2*26-20-15-16-22-21-13-7-8-14-23(21)25(24(22)17-20,18-9-3-1-4-10-18)19-11-5-2-6-12-19/h2*1-17H. The Labute approximate surface area is 328 Å². The first-order valence-corrected chi connectivity index (χ1v) is 19.5. The summed E-state index contributed by atoms with van der Waals surface area (Å²) >= 11 is 6.13. The zero-order chi connectivity index (χ0) is 35.1. The van der Waals surface area contributed by atoms with Crippen LogP contribution in [0.25, 0.3) is 22.3 Å². The summed E-state index contributed by atoms with van der Waals surface area (Å²) in [5.41, 5.74) is 15.4. The molecule has 0 spiro atoms. The molecule has 0 unspecified atom stereocenters. The van der Waals surface area contributed by atoms with Gasteiger partial charge in [-0.05, 0) is 114 Å². The van der Waals surface area contributed by atoms with E-state index in [0.29, 0.717) is 0 Å². The minimum absolute atomic E-state index is 0.268. The molecule has 52 heavy (non-hydrogen) atoms. The van der Waals surface area contributed by atoms with Gasteiger partial charge in [-0.1, -0.05) is 198 Å². The van der Waals surface area contributed by atoms with Crippen LogP contribution in [-0.2, 0) is 10.8 Å². The van der Waals surface area contributed by atoms with Gasteiger partial charge in [0.15, 0.2) is 0 Å². The lowest BCUT2D eigenvalue weighted by molar-refractivity contribution is 0.768. The van der Waals surface area contributed by atoms with Crippen molar-refractivity contribution in [2.75, 3.05) is 0 Å². The van der Waals surface area contributed by atoms with Crippen molar-refractivity contribution in [1.29, 1.82) is 0 Å². The van der Waals surface area contributed by atoms with Gasteiger partial charge in [-0.25, -0.2) is 0 Å². The Kier molecular flexibility index (Phi) is 8.53. The highest BCUT2D eigenvalue weighted by molar-refractivity contribution is 14.1. The Hall–Kier alpha value is -5.03. The molecule has 0 saturated heterocycles. The normalized spacial score (nSPS) is 13.9. The summed E-state index contributed by atoms with van der Waals surface area (Å²) in [6.07, 6.45) is 0. The van der Waals surface area contributed by atoms with Gasteiger partial charge in [-0.3, -0.25) is 0 Å². The molecular weight excluding hydrogens is 807 g/mol. The first kappa shape index (κ1) is 32.8. The van der Waals surface area contributed by atoms with Crippen LogP contribution in [0.5, 0.6) is 0 Å². The van der Waals surface area contributed by atoms with Crippen molar-refractivity contribution in [3.05, 3.63) is 259 Å². The molecule has 0 N–H and O–H groups in total. The van der Waals surface area contributed by atoms with Gasteiger partial charge in [0.05, 0.1) is 10.8 Å². The Morgan fingerprint density at radius 1 is 0.308 bits per heavy atom. The topological polar surface area (TPSA) is 0 Å². The Balaban J connectivity index is 0.000000138. The fourth-order valence-electron chi connectivity index (χ4n) is 8.83. The highest BCUT2D eigenvalue weighted by Crippen LogP contribution is 2.57. The van der Waals surface area contributed by atoms with E-state index in [-0.39, 0.29) is 10.8 Å². The van der Waals surface area contributed by atoms with Crippen LogP contribution in [0.3, 0.4) is 0 Å². The highest BCUT2D eigenvalue weighted by Gasteiger charge is 2.47. The Bertz CT molecular complexity index is 2270. The minimum Gasteiger partial charge on any atom is -0.0622 e. The summed E-state index contributed by atoms with van der Waals surface area (Å²) in [6.45, 7) is 0. The number of fused-ring (bicyclic) bond motifs is 6. The van der Waals surface area contributed by atoms with Gasteiger partial charge < -0.3 is 0 Å². The molecule has 248 valence electrons. The molecule has 8 aromatic rings. The SMILES string of the molecule is Brc1ccc2c(c1)C(c1ccccc1)(c1ccccc1)c1ccccc1-2.Ic1ccc2c(c1)C(c1ccccc1)(c1ccccc1)c1ccccc1-2. The highest BCUT2D eigenvalue weighted by atomic mass is 127. The van der Waals surface area contributed by atoms with Crippen molar-refractivity contribution >= 4 is 38.5 Å². The first-order chi connectivity index (χ1) is 25.6. The van der Waals surface area contributed by atoms with Crippen LogP contribution >= 0.6 is 38.5 Å². The van der Waals surface area contributed by atoms with Crippen molar-refractivity contribution in [3.63, 3.8) is 0 Å². The van der Waals surface area contributed by atoms with E-state index in [1.54, 1.807) is 0 Å². The molecular formula is C50H34BrI. The average Bonchev–Trinajstić information content (AvgIpc) is 3.67. The molecule has 0 aromatic heterocycles. The van der Waals surface area contributed by atoms with Gasteiger partial charge in [0.1, 0.15) is 0 Å². The number of rotatable bonds is 4. The van der Waals surface area contributed by atoms with Crippen LogP contribution in [0.1, 0.15) is 44.5 Å². The van der Waals surface area contributed by atoms with E-state index < -0.39 is 0 Å². The summed E-state index contributed by atoms with van der Waals surface area (Å²) in [6, 6.07) is 74.8. The molecule has 2 aliphatic rings. The van der Waals surface area contributed by atoms with Crippen molar-refractivity contribution in [2.24, 2.45) is 0 Å². The smallest absolute Gasteiger partial charge is 0.0622 e. The van der Waals surface area contributed by atoms with Crippen molar-refractivity contribution in [2.45, 2.75) is 10.8 Å². The molecule has 2 heteroatoms. The molecule has 0 bridgehead atoms. The second-order valence-electron chi connectivity index (χ2n) is 13.4. The summed E-state index contributed by atoms with van der Waals surface area (Å²) in [5.74, 6) is 0. The summed E-state index contributed by atoms with van der Waals surface area (Å²) in [4.78, 5) is 0. The molecule has 8 aromatic carbocycles. The van der Waals surface area contributed by atoms with E-state index >= 15 is 0 Å². The molecule has 0 heterocycles. The minimum atomic E-state index is -0.293. The zero-order valence-electron chi connectivity index (χ0n) is 28.4. The third kappa shape index (κ3) is 5.07. The van der Waals surface area contributed by atoms with E-state index in [2.05, 4.69) is 245 Å². The Morgan fingerprint density at radius 2 is 0.635 bits per heavy atom. The van der Waals surface area contributed by atoms with Crippen LogP contribution in [0.15, 0.2) is 211 Å².